The molecule has 1 amide bonds. The van der Waals surface area contributed by atoms with Crippen LogP contribution in [0.2, 0.25) is 0 Å². The molecule has 1 atom stereocenters. The van der Waals surface area contributed by atoms with E-state index in [-0.39, 0.29) is 17.7 Å². The number of Topliss-reactive ketones (excluding diaryl/α,β-unsaturated/α-hetero) is 1. The van der Waals surface area contributed by atoms with Crippen LogP contribution in [-0.4, -0.2) is 29.2 Å². The quantitative estimate of drug-likeness (QED) is 0.662. The predicted octanol–water partition coefficient (Wildman–Crippen LogP) is 1.37. The molecule has 1 unspecified atom stereocenters. The molecule has 0 aromatic carbocycles. The molecule has 0 aromatic heterocycles. The molecule has 3 heteroatoms. The van der Waals surface area contributed by atoms with Gasteiger partial charge in [0.2, 0.25) is 5.91 Å². The normalized spacial score (nSPS) is 22.0. The summed E-state index contributed by atoms with van der Waals surface area (Å²) in [5.41, 5.74) is 0. The fourth-order valence-electron chi connectivity index (χ4n) is 1.91. The fraction of sp³-hybridized carbons (Fsp3) is 0.800. The number of hydrogen-bond acceptors (Lipinski definition) is 2. The average molecular weight is 183 g/mol. The van der Waals surface area contributed by atoms with Crippen LogP contribution in [0.25, 0.3) is 0 Å². The van der Waals surface area contributed by atoms with Gasteiger partial charge in [-0.05, 0) is 19.8 Å². The summed E-state index contributed by atoms with van der Waals surface area (Å²) in [7, 11) is 0. The van der Waals surface area contributed by atoms with Gasteiger partial charge in [-0.15, -0.1) is 0 Å². The Balaban J connectivity index is 2.53. The Hall–Kier alpha value is -0.860. The lowest BCUT2D eigenvalue weighted by molar-refractivity contribution is -0.132. The van der Waals surface area contributed by atoms with Crippen LogP contribution in [0.5, 0.6) is 0 Å². The van der Waals surface area contributed by atoms with E-state index in [0.717, 1.165) is 19.4 Å². The first-order chi connectivity index (χ1) is 6.15. The summed E-state index contributed by atoms with van der Waals surface area (Å²) < 4.78 is 0. The molecule has 0 aliphatic carbocycles. The van der Waals surface area contributed by atoms with E-state index in [0.29, 0.717) is 12.8 Å². The molecule has 0 radical (unpaired) electrons. The van der Waals surface area contributed by atoms with Crippen LogP contribution in [-0.2, 0) is 9.59 Å². The molecule has 1 rings (SSSR count). The molecular formula is C10H17NO2. The van der Waals surface area contributed by atoms with Crippen LogP contribution in [0, 0.1) is 0 Å². The second-order valence-electron chi connectivity index (χ2n) is 3.64. The van der Waals surface area contributed by atoms with Gasteiger partial charge in [0.25, 0.3) is 0 Å². The van der Waals surface area contributed by atoms with Crippen molar-refractivity contribution in [3.63, 3.8) is 0 Å². The van der Waals surface area contributed by atoms with Crippen molar-refractivity contribution >= 4 is 11.7 Å². The molecule has 0 bridgehead atoms. The van der Waals surface area contributed by atoms with Gasteiger partial charge in [0.05, 0.1) is 0 Å². The Labute approximate surface area is 79.1 Å². The number of hydrogen-bond donors (Lipinski definition) is 0. The zero-order chi connectivity index (χ0) is 9.84. The lowest BCUT2D eigenvalue weighted by Gasteiger charge is -2.23. The van der Waals surface area contributed by atoms with E-state index < -0.39 is 0 Å². The summed E-state index contributed by atoms with van der Waals surface area (Å²) in [6.07, 6.45) is 3.12. The van der Waals surface area contributed by atoms with E-state index in [2.05, 4.69) is 0 Å². The van der Waals surface area contributed by atoms with Crippen molar-refractivity contribution in [2.45, 2.75) is 45.6 Å². The maximum Gasteiger partial charge on any atom is 0.222 e. The third-order valence-electron chi connectivity index (χ3n) is 2.52. The molecule has 1 aliphatic rings. The van der Waals surface area contributed by atoms with Gasteiger partial charge in [0, 0.05) is 25.4 Å². The lowest BCUT2D eigenvalue weighted by Crippen LogP contribution is -2.35. The highest BCUT2D eigenvalue weighted by Crippen LogP contribution is 2.20. The number of carbonyl (C=O) groups is 2. The largest absolute Gasteiger partial charge is 0.339 e. The van der Waals surface area contributed by atoms with Gasteiger partial charge in [-0.25, -0.2) is 0 Å². The van der Waals surface area contributed by atoms with Gasteiger partial charge in [-0.1, -0.05) is 6.92 Å². The predicted molar refractivity (Wildman–Crippen MR) is 50.3 cm³/mol. The molecule has 74 valence electrons. The number of carbonyl (C=O) groups excluding carboxylic acids is 2. The van der Waals surface area contributed by atoms with Gasteiger partial charge in [-0.3, -0.25) is 9.59 Å². The second kappa shape index (κ2) is 4.40. The van der Waals surface area contributed by atoms with Crippen molar-refractivity contribution in [1.29, 1.82) is 0 Å². The summed E-state index contributed by atoms with van der Waals surface area (Å²) in [5, 5.41) is 0. The number of nitrogens with zero attached hydrogens (tertiary/aromatic N) is 1. The highest BCUT2D eigenvalue weighted by molar-refractivity contribution is 5.79. The molecule has 1 aliphatic heterocycles. The summed E-state index contributed by atoms with van der Waals surface area (Å²) in [5.74, 6) is 0.365. The first-order valence-electron chi connectivity index (χ1n) is 4.94. The number of ketones is 1. The highest BCUT2D eigenvalue weighted by Gasteiger charge is 2.28. The van der Waals surface area contributed by atoms with Crippen molar-refractivity contribution in [2.24, 2.45) is 0 Å². The van der Waals surface area contributed by atoms with Crippen molar-refractivity contribution in [3.8, 4) is 0 Å². The third kappa shape index (κ3) is 2.54. The maximum absolute atomic E-state index is 11.4. The van der Waals surface area contributed by atoms with Gasteiger partial charge in [0.15, 0.2) is 0 Å². The van der Waals surface area contributed by atoms with Gasteiger partial charge >= 0.3 is 0 Å². The van der Waals surface area contributed by atoms with E-state index >= 15 is 0 Å². The summed E-state index contributed by atoms with van der Waals surface area (Å²) in [6, 6.07) is 0.185. The number of amides is 1. The molecule has 1 saturated heterocycles. The van der Waals surface area contributed by atoms with Crippen LogP contribution in [0.4, 0.5) is 0 Å². The first kappa shape index (κ1) is 10.2. The topological polar surface area (TPSA) is 37.4 Å². The zero-order valence-corrected chi connectivity index (χ0v) is 8.38. The minimum absolute atomic E-state index is 0.181. The highest BCUT2D eigenvalue weighted by atomic mass is 16.2. The smallest absolute Gasteiger partial charge is 0.222 e. The SMILES string of the molecule is CCC(=O)N1CCCC1CC(C)=O. The molecular weight excluding hydrogens is 166 g/mol. The molecule has 0 spiro atoms. The number of likely N-dealkylation sites (tertiary alicyclic amines) is 1. The van der Waals surface area contributed by atoms with Gasteiger partial charge < -0.3 is 4.90 Å². The van der Waals surface area contributed by atoms with Crippen LogP contribution in [0.1, 0.15) is 39.5 Å². The van der Waals surface area contributed by atoms with E-state index in [4.69, 9.17) is 0 Å². The Morgan fingerprint density at radius 1 is 1.46 bits per heavy atom. The number of rotatable bonds is 3. The molecule has 0 N–H and O–H groups in total. The summed E-state index contributed by atoms with van der Waals surface area (Å²) >= 11 is 0. The minimum atomic E-state index is 0.181. The van der Waals surface area contributed by atoms with Crippen LogP contribution in [0.3, 0.4) is 0 Å². The zero-order valence-electron chi connectivity index (χ0n) is 8.38. The Morgan fingerprint density at radius 3 is 2.69 bits per heavy atom. The lowest BCUT2D eigenvalue weighted by atomic mass is 10.1. The van der Waals surface area contributed by atoms with Crippen molar-refractivity contribution in [1.82, 2.24) is 4.90 Å². The van der Waals surface area contributed by atoms with Crippen molar-refractivity contribution in [3.05, 3.63) is 0 Å². The first-order valence-corrected chi connectivity index (χ1v) is 4.94. The Morgan fingerprint density at radius 2 is 2.15 bits per heavy atom. The van der Waals surface area contributed by atoms with Crippen molar-refractivity contribution in [2.75, 3.05) is 6.54 Å². The molecule has 1 fully saturated rings. The van der Waals surface area contributed by atoms with Crippen LogP contribution < -0.4 is 0 Å². The van der Waals surface area contributed by atoms with Gasteiger partial charge in [0.1, 0.15) is 5.78 Å². The monoisotopic (exact) mass is 183 g/mol. The molecule has 1 heterocycles. The van der Waals surface area contributed by atoms with E-state index in [9.17, 15) is 9.59 Å². The molecule has 0 saturated carbocycles. The Kier molecular flexibility index (Phi) is 3.46. The van der Waals surface area contributed by atoms with E-state index in [1.165, 1.54) is 0 Å². The fourth-order valence-corrected chi connectivity index (χ4v) is 1.91. The van der Waals surface area contributed by atoms with Crippen molar-refractivity contribution < 1.29 is 9.59 Å². The van der Waals surface area contributed by atoms with E-state index in [1.807, 2.05) is 11.8 Å². The van der Waals surface area contributed by atoms with Crippen LogP contribution >= 0.6 is 0 Å². The third-order valence-corrected chi connectivity index (χ3v) is 2.52. The maximum atomic E-state index is 11.4. The summed E-state index contributed by atoms with van der Waals surface area (Å²) in [6.45, 7) is 4.29. The molecule has 3 nitrogen and oxygen atoms in total. The van der Waals surface area contributed by atoms with Gasteiger partial charge in [-0.2, -0.15) is 0 Å². The summed E-state index contributed by atoms with van der Waals surface area (Å²) in [4.78, 5) is 24.2. The average Bonchev–Trinajstić information content (AvgIpc) is 2.50. The van der Waals surface area contributed by atoms with Crippen LogP contribution in [0.15, 0.2) is 0 Å². The minimum Gasteiger partial charge on any atom is -0.339 e. The molecule has 13 heavy (non-hydrogen) atoms. The molecule has 0 aromatic rings. The van der Waals surface area contributed by atoms with E-state index in [1.54, 1.807) is 6.92 Å². The second-order valence-corrected chi connectivity index (χ2v) is 3.64. The standard InChI is InChI=1S/C10H17NO2/c1-3-10(13)11-6-4-5-9(11)7-8(2)12/h9H,3-7H2,1-2H3. The Bertz CT molecular complexity index is 213.